The second-order valence-electron chi connectivity index (χ2n) is 5.60. The molecule has 1 unspecified atom stereocenters. The zero-order chi connectivity index (χ0) is 13.0. The lowest BCUT2D eigenvalue weighted by Gasteiger charge is -2.37. The third-order valence-corrected chi connectivity index (χ3v) is 5.89. The number of anilines is 1. The highest BCUT2D eigenvalue weighted by molar-refractivity contribution is 7.18. The van der Waals surface area contributed by atoms with Crippen molar-refractivity contribution < 1.29 is 0 Å². The molecule has 1 saturated carbocycles. The Labute approximate surface area is 115 Å². The van der Waals surface area contributed by atoms with Crippen molar-refractivity contribution in [3.63, 3.8) is 0 Å². The van der Waals surface area contributed by atoms with Crippen LogP contribution in [0.15, 0.2) is 40.7 Å². The molecule has 4 rings (SSSR count). The van der Waals surface area contributed by atoms with Gasteiger partial charge in [-0.3, -0.25) is 4.79 Å². The highest BCUT2D eigenvalue weighted by Gasteiger charge is 2.45. The van der Waals surface area contributed by atoms with E-state index in [1.807, 2.05) is 18.2 Å². The summed E-state index contributed by atoms with van der Waals surface area (Å²) in [6.07, 6.45) is 7.12. The molecular formula is C16H15NOS. The van der Waals surface area contributed by atoms with Crippen LogP contribution in [-0.4, -0.2) is 0 Å². The van der Waals surface area contributed by atoms with E-state index in [0.29, 0.717) is 5.69 Å². The van der Waals surface area contributed by atoms with E-state index in [1.165, 1.54) is 24.1 Å². The quantitative estimate of drug-likeness (QED) is 0.635. The van der Waals surface area contributed by atoms with Gasteiger partial charge in [0, 0.05) is 32.1 Å². The van der Waals surface area contributed by atoms with Crippen molar-refractivity contribution in [2.75, 3.05) is 5.73 Å². The molecule has 1 aromatic heterocycles. The summed E-state index contributed by atoms with van der Waals surface area (Å²) >= 11 is 1.76. The lowest BCUT2D eigenvalue weighted by atomic mass is 9.69. The van der Waals surface area contributed by atoms with Gasteiger partial charge in [0.1, 0.15) is 0 Å². The minimum Gasteiger partial charge on any atom is -0.399 e. The molecule has 0 bridgehead atoms. The van der Waals surface area contributed by atoms with Crippen molar-refractivity contribution in [2.45, 2.75) is 31.1 Å². The standard InChI is InChI=1S/C16H15NOS/c17-11-3-4-14-12(8-11)13(18)9-15(19-14)16-6-1-2-10(16)5-7-16/h3-5,8-9H,1-2,6-7,17H2. The van der Waals surface area contributed by atoms with Gasteiger partial charge in [0.2, 0.25) is 0 Å². The molecule has 0 saturated heterocycles. The molecule has 0 spiro atoms. The number of hydrogen-bond acceptors (Lipinski definition) is 3. The molecule has 0 aliphatic heterocycles. The number of benzene rings is 1. The lowest BCUT2D eigenvalue weighted by Crippen LogP contribution is -2.30. The minimum absolute atomic E-state index is 0.114. The summed E-state index contributed by atoms with van der Waals surface area (Å²) in [4.78, 5) is 13.6. The molecule has 2 nitrogen and oxygen atoms in total. The highest BCUT2D eigenvalue weighted by atomic mass is 32.1. The maximum absolute atomic E-state index is 12.3. The fourth-order valence-electron chi connectivity index (χ4n) is 3.47. The van der Waals surface area contributed by atoms with Gasteiger partial charge in [-0.2, -0.15) is 0 Å². The van der Waals surface area contributed by atoms with Gasteiger partial charge in [-0.05, 0) is 43.9 Å². The predicted octanol–water partition coefficient (Wildman–Crippen LogP) is 3.60. The number of rotatable bonds is 1. The maximum atomic E-state index is 12.3. The van der Waals surface area contributed by atoms with Crippen molar-refractivity contribution in [3.05, 3.63) is 51.0 Å². The fourth-order valence-corrected chi connectivity index (χ4v) is 4.79. The number of nitrogen functional groups attached to an aromatic ring is 1. The summed E-state index contributed by atoms with van der Waals surface area (Å²) in [5.41, 5.74) is 8.30. The van der Waals surface area contributed by atoms with Gasteiger partial charge in [-0.1, -0.05) is 11.6 Å². The fraction of sp³-hybridized carbons (Fsp3) is 0.312. The zero-order valence-electron chi connectivity index (χ0n) is 10.6. The second kappa shape index (κ2) is 3.70. The molecule has 2 aliphatic carbocycles. The van der Waals surface area contributed by atoms with Crippen LogP contribution < -0.4 is 11.2 Å². The smallest absolute Gasteiger partial charge is 0.188 e. The van der Waals surface area contributed by atoms with E-state index in [9.17, 15) is 4.79 Å². The summed E-state index contributed by atoms with van der Waals surface area (Å²) in [5.74, 6) is 0. The third kappa shape index (κ3) is 1.45. The Bertz CT molecular complexity index is 774. The van der Waals surface area contributed by atoms with Crippen molar-refractivity contribution in [1.29, 1.82) is 0 Å². The van der Waals surface area contributed by atoms with Crippen molar-refractivity contribution in [3.8, 4) is 0 Å². The molecule has 19 heavy (non-hydrogen) atoms. The normalized spacial score (nSPS) is 24.9. The van der Waals surface area contributed by atoms with Crippen molar-refractivity contribution in [2.24, 2.45) is 0 Å². The van der Waals surface area contributed by atoms with Crippen LogP contribution in [0.4, 0.5) is 5.69 Å². The van der Waals surface area contributed by atoms with Gasteiger partial charge in [-0.25, -0.2) is 0 Å². The first-order valence-electron chi connectivity index (χ1n) is 6.72. The molecule has 1 fully saturated rings. The molecule has 1 atom stereocenters. The minimum atomic E-state index is 0.114. The van der Waals surface area contributed by atoms with Crippen LogP contribution in [0.2, 0.25) is 0 Å². The Morgan fingerprint density at radius 3 is 2.89 bits per heavy atom. The summed E-state index contributed by atoms with van der Waals surface area (Å²) in [6, 6.07) is 7.51. The van der Waals surface area contributed by atoms with Crippen LogP contribution in [0.3, 0.4) is 0 Å². The van der Waals surface area contributed by atoms with Crippen LogP contribution in [0.5, 0.6) is 0 Å². The van der Waals surface area contributed by atoms with Crippen molar-refractivity contribution >= 4 is 27.1 Å². The first-order chi connectivity index (χ1) is 9.19. The van der Waals surface area contributed by atoms with E-state index in [2.05, 4.69) is 6.08 Å². The van der Waals surface area contributed by atoms with E-state index in [4.69, 9.17) is 5.73 Å². The summed E-state index contributed by atoms with van der Waals surface area (Å²) < 4.78 is 1.06. The number of fused-ring (bicyclic) bond motifs is 2. The predicted molar refractivity (Wildman–Crippen MR) is 80.7 cm³/mol. The molecule has 0 radical (unpaired) electrons. The van der Waals surface area contributed by atoms with Gasteiger partial charge in [0.15, 0.2) is 5.43 Å². The molecule has 96 valence electrons. The number of allylic oxidation sites excluding steroid dienone is 2. The summed E-state index contributed by atoms with van der Waals surface area (Å²) in [6.45, 7) is 0. The third-order valence-electron chi connectivity index (χ3n) is 4.58. The average molecular weight is 269 g/mol. The molecular weight excluding hydrogens is 254 g/mol. The Hall–Kier alpha value is -1.61. The second-order valence-corrected chi connectivity index (χ2v) is 6.68. The summed E-state index contributed by atoms with van der Waals surface area (Å²) in [5, 5.41) is 0.757. The monoisotopic (exact) mass is 269 g/mol. The van der Waals surface area contributed by atoms with Gasteiger partial charge in [-0.15, -0.1) is 11.3 Å². The Kier molecular flexibility index (Phi) is 2.19. The van der Waals surface area contributed by atoms with Gasteiger partial charge in [0.05, 0.1) is 0 Å². The van der Waals surface area contributed by atoms with E-state index in [1.54, 1.807) is 23.0 Å². The van der Waals surface area contributed by atoms with Gasteiger partial charge >= 0.3 is 0 Å². The number of hydrogen-bond donors (Lipinski definition) is 1. The highest BCUT2D eigenvalue weighted by Crippen LogP contribution is 2.55. The topological polar surface area (TPSA) is 43.1 Å². The number of nitrogens with two attached hydrogens (primary N) is 1. The molecule has 3 heteroatoms. The van der Waals surface area contributed by atoms with E-state index < -0.39 is 0 Å². The van der Waals surface area contributed by atoms with E-state index >= 15 is 0 Å². The zero-order valence-corrected chi connectivity index (χ0v) is 11.4. The lowest BCUT2D eigenvalue weighted by molar-refractivity contribution is 0.487. The molecule has 0 amide bonds. The Balaban J connectivity index is 1.96. The molecule has 1 heterocycles. The average Bonchev–Trinajstić information content (AvgIpc) is 2.66. The van der Waals surface area contributed by atoms with Gasteiger partial charge < -0.3 is 5.73 Å². The molecule has 1 aromatic carbocycles. The van der Waals surface area contributed by atoms with Crippen LogP contribution in [-0.2, 0) is 5.41 Å². The van der Waals surface area contributed by atoms with Gasteiger partial charge in [0.25, 0.3) is 0 Å². The molecule has 2 aromatic rings. The first kappa shape index (κ1) is 11.2. The van der Waals surface area contributed by atoms with Crippen LogP contribution >= 0.6 is 11.3 Å². The summed E-state index contributed by atoms with van der Waals surface area (Å²) in [7, 11) is 0. The van der Waals surface area contributed by atoms with Crippen LogP contribution in [0.25, 0.3) is 10.1 Å². The molecule has 2 N–H and O–H groups in total. The largest absolute Gasteiger partial charge is 0.399 e. The van der Waals surface area contributed by atoms with Crippen LogP contribution in [0.1, 0.15) is 30.6 Å². The van der Waals surface area contributed by atoms with Crippen LogP contribution in [0, 0.1) is 0 Å². The van der Waals surface area contributed by atoms with Crippen molar-refractivity contribution in [1.82, 2.24) is 0 Å². The Morgan fingerprint density at radius 2 is 2.16 bits per heavy atom. The van der Waals surface area contributed by atoms with E-state index in [-0.39, 0.29) is 10.8 Å². The maximum Gasteiger partial charge on any atom is 0.188 e. The SMILES string of the molecule is Nc1ccc2sc(C34CC=C3CCC4)cc(=O)c2c1. The van der Waals surface area contributed by atoms with E-state index in [0.717, 1.165) is 16.5 Å². The Morgan fingerprint density at radius 1 is 1.26 bits per heavy atom. The first-order valence-corrected chi connectivity index (χ1v) is 7.54. The molecule has 2 aliphatic rings.